The minimum absolute atomic E-state index is 0.246. The summed E-state index contributed by atoms with van der Waals surface area (Å²) in [4.78, 5) is 12.0. The van der Waals surface area contributed by atoms with Crippen LogP contribution >= 0.6 is 22.9 Å². The number of hydrogen-bond donors (Lipinski definition) is 2. The van der Waals surface area contributed by atoms with Gasteiger partial charge in [-0.25, -0.2) is 4.39 Å². The van der Waals surface area contributed by atoms with Crippen LogP contribution < -0.4 is 11.1 Å². The Morgan fingerprint density at radius 3 is 2.83 bits per heavy atom. The molecule has 0 atom stereocenters. The van der Waals surface area contributed by atoms with E-state index in [1.54, 1.807) is 11.4 Å². The van der Waals surface area contributed by atoms with E-state index >= 15 is 0 Å². The maximum atomic E-state index is 13.5. The highest BCUT2D eigenvalue weighted by atomic mass is 35.5. The van der Waals surface area contributed by atoms with Gasteiger partial charge in [0.1, 0.15) is 5.82 Å². The third-order valence-corrected chi connectivity index (χ3v) is 3.61. The zero-order chi connectivity index (χ0) is 13.1. The van der Waals surface area contributed by atoms with E-state index in [-0.39, 0.29) is 11.3 Å². The van der Waals surface area contributed by atoms with Crippen molar-refractivity contribution in [3.8, 4) is 0 Å². The van der Waals surface area contributed by atoms with E-state index in [1.807, 2.05) is 0 Å². The van der Waals surface area contributed by atoms with Gasteiger partial charge in [0.15, 0.2) is 0 Å². The number of rotatable bonds is 4. The summed E-state index contributed by atoms with van der Waals surface area (Å²) in [6.45, 7) is 0.441. The molecule has 1 aromatic heterocycles. The Bertz CT molecular complexity index is 585. The Morgan fingerprint density at radius 2 is 2.22 bits per heavy atom. The van der Waals surface area contributed by atoms with Crippen LogP contribution in [0.3, 0.4) is 0 Å². The van der Waals surface area contributed by atoms with E-state index in [4.69, 9.17) is 17.3 Å². The van der Waals surface area contributed by atoms with Crippen molar-refractivity contribution in [1.29, 1.82) is 0 Å². The molecular weight excluding hydrogens is 275 g/mol. The molecule has 0 radical (unpaired) electrons. The zero-order valence-electron chi connectivity index (χ0n) is 9.24. The SMILES string of the molecule is NC(=O)c1ccc(F)c(NCc2cc(Cl)cs2)c1. The lowest BCUT2D eigenvalue weighted by Crippen LogP contribution is -2.12. The number of carbonyl (C=O) groups excluding carboxylic acids is 1. The first-order valence-electron chi connectivity index (χ1n) is 5.12. The lowest BCUT2D eigenvalue weighted by molar-refractivity contribution is 0.100. The first-order chi connectivity index (χ1) is 8.56. The standard InChI is InChI=1S/C12H10ClFN2OS/c13-8-4-9(18-6-8)5-16-11-3-7(12(15)17)1-2-10(11)14/h1-4,6,16H,5H2,(H2,15,17). The largest absolute Gasteiger partial charge is 0.378 e. The Hall–Kier alpha value is -1.59. The predicted molar refractivity (Wildman–Crippen MR) is 71.6 cm³/mol. The van der Waals surface area contributed by atoms with E-state index < -0.39 is 11.7 Å². The number of thiophene rings is 1. The van der Waals surface area contributed by atoms with Gasteiger partial charge in [0.05, 0.1) is 10.7 Å². The van der Waals surface area contributed by atoms with Crippen LogP contribution in [0.2, 0.25) is 5.02 Å². The molecule has 0 aliphatic carbocycles. The Morgan fingerprint density at radius 1 is 1.44 bits per heavy atom. The highest BCUT2D eigenvalue weighted by molar-refractivity contribution is 7.10. The summed E-state index contributed by atoms with van der Waals surface area (Å²) in [5.74, 6) is -1.01. The van der Waals surface area contributed by atoms with Gasteiger partial charge in [0.25, 0.3) is 0 Å². The summed E-state index contributed by atoms with van der Waals surface area (Å²) in [6, 6.07) is 5.76. The van der Waals surface area contributed by atoms with Gasteiger partial charge in [0, 0.05) is 22.4 Å². The molecule has 1 aromatic carbocycles. The molecule has 1 heterocycles. The molecular formula is C12H10ClFN2OS. The molecule has 2 aromatic rings. The third kappa shape index (κ3) is 3.00. The molecule has 94 valence electrons. The number of benzene rings is 1. The molecule has 2 rings (SSSR count). The molecule has 0 bridgehead atoms. The highest BCUT2D eigenvalue weighted by Crippen LogP contribution is 2.22. The number of amides is 1. The van der Waals surface area contributed by atoms with Gasteiger partial charge in [-0.3, -0.25) is 4.79 Å². The normalized spacial score (nSPS) is 10.3. The molecule has 0 aliphatic heterocycles. The molecule has 0 aliphatic rings. The van der Waals surface area contributed by atoms with E-state index in [0.717, 1.165) is 4.88 Å². The lowest BCUT2D eigenvalue weighted by atomic mass is 10.2. The third-order valence-electron chi connectivity index (χ3n) is 2.33. The Balaban J connectivity index is 2.13. The maximum Gasteiger partial charge on any atom is 0.248 e. The fourth-order valence-corrected chi connectivity index (χ4v) is 2.46. The second-order valence-electron chi connectivity index (χ2n) is 3.64. The highest BCUT2D eigenvalue weighted by Gasteiger charge is 2.07. The monoisotopic (exact) mass is 284 g/mol. The van der Waals surface area contributed by atoms with E-state index in [2.05, 4.69) is 5.32 Å². The summed E-state index contributed by atoms with van der Waals surface area (Å²) in [5.41, 5.74) is 5.65. The molecule has 6 heteroatoms. The maximum absolute atomic E-state index is 13.5. The van der Waals surface area contributed by atoms with Gasteiger partial charge in [-0.05, 0) is 24.3 Å². The minimum atomic E-state index is -0.586. The van der Waals surface area contributed by atoms with E-state index in [0.29, 0.717) is 11.6 Å². The molecule has 0 spiro atoms. The van der Waals surface area contributed by atoms with E-state index in [1.165, 1.54) is 29.5 Å². The topological polar surface area (TPSA) is 55.1 Å². The lowest BCUT2D eigenvalue weighted by Gasteiger charge is -2.07. The van der Waals surface area contributed by atoms with Crippen LogP contribution in [0.25, 0.3) is 0 Å². The molecule has 0 saturated heterocycles. The van der Waals surface area contributed by atoms with Crippen molar-refractivity contribution >= 4 is 34.5 Å². The van der Waals surface area contributed by atoms with Crippen LogP contribution in [0.15, 0.2) is 29.6 Å². The number of primary amides is 1. The van der Waals surface area contributed by atoms with Crippen LogP contribution in [0, 0.1) is 5.82 Å². The average Bonchev–Trinajstić information content (AvgIpc) is 2.74. The van der Waals surface area contributed by atoms with Gasteiger partial charge in [0.2, 0.25) is 5.91 Å². The van der Waals surface area contributed by atoms with Gasteiger partial charge in [-0.15, -0.1) is 11.3 Å². The quantitative estimate of drug-likeness (QED) is 0.905. The minimum Gasteiger partial charge on any atom is -0.378 e. The molecule has 0 saturated carbocycles. The summed E-state index contributed by atoms with van der Waals surface area (Å²) in [6.07, 6.45) is 0. The molecule has 0 fully saturated rings. The summed E-state index contributed by atoms with van der Waals surface area (Å²) in [7, 11) is 0. The second-order valence-corrected chi connectivity index (χ2v) is 5.08. The van der Waals surface area contributed by atoms with Gasteiger partial charge < -0.3 is 11.1 Å². The van der Waals surface area contributed by atoms with E-state index in [9.17, 15) is 9.18 Å². The number of nitrogens with two attached hydrogens (primary N) is 1. The Labute approximate surface area is 112 Å². The van der Waals surface area contributed by atoms with Crippen LogP contribution in [-0.4, -0.2) is 5.91 Å². The fraction of sp³-hybridized carbons (Fsp3) is 0.0833. The first-order valence-corrected chi connectivity index (χ1v) is 6.38. The fourth-order valence-electron chi connectivity index (χ4n) is 1.44. The average molecular weight is 285 g/mol. The second kappa shape index (κ2) is 5.37. The zero-order valence-corrected chi connectivity index (χ0v) is 10.8. The van der Waals surface area contributed by atoms with Gasteiger partial charge in [-0.1, -0.05) is 11.6 Å². The van der Waals surface area contributed by atoms with Gasteiger partial charge in [-0.2, -0.15) is 0 Å². The number of carbonyl (C=O) groups is 1. The van der Waals surface area contributed by atoms with Crippen molar-refractivity contribution in [2.75, 3.05) is 5.32 Å². The molecule has 18 heavy (non-hydrogen) atoms. The summed E-state index contributed by atoms with van der Waals surface area (Å²) >= 11 is 7.26. The Kier molecular flexibility index (Phi) is 3.84. The number of halogens is 2. The van der Waals surface area contributed by atoms with Crippen molar-refractivity contribution < 1.29 is 9.18 Å². The van der Waals surface area contributed by atoms with Crippen LogP contribution in [-0.2, 0) is 6.54 Å². The predicted octanol–water partition coefficient (Wildman–Crippen LogP) is 3.25. The van der Waals surface area contributed by atoms with Crippen LogP contribution in [0.4, 0.5) is 10.1 Å². The summed E-state index contributed by atoms with van der Waals surface area (Å²) in [5, 5.41) is 5.36. The molecule has 1 amide bonds. The first kappa shape index (κ1) is 12.9. The van der Waals surface area contributed by atoms with Crippen LogP contribution in [0.1, 0.15) is 15.2 Å². The number of anilines is 1. The van der Waals surface area contributed by atoms with Gasteiger partial charge >= 0.3 is 0 Å². The molecule has 3 N–H and O–H groups in total. The van der Waals surface area contributed by atoms with Crippen molar-refractivity contribution in [3.05, 3.63) is 50.9 Å². The van der Waals surface area contributed by atoms with Crippen molar-refractivity contribution in [1.82, 2.24) is 0 Å². The van der Waals surface area contributed by atoms with Crippen molar-refractivity contribution in [2.24, 2.45) is 5.73 Å². The van der Waals surface area contributed by atoms with Crippen LogP contribution in [0.5, 0.6) is 0 Å². The molecule has 0 unspecified atom stereocenters. The summed E-state index contributed by atoms with van der Waals surface area (Å²) < 4.78 is 13.5. The smallest absolute Gasteiger partial charge is 0.248 e. The molecule has 3 nitrogen and oxygen atoms in total. The van der Waals surface area contributed by atoms with Crippen molar-refractivity contribution in [2.45, 2.75) is 6.54 Å². The number of hydrogen-bond acceptors (Lipinski definition) is 3. The van der Waals surface area contributed by atoms with Crippen molar-refractivity contribution in [3.63, 3.8) is 0 Å². The number of nitrogens with one attached hydrogen (secondary N) is 1.